The van der Waals surface area contributed by atoms with Gasteiger partial charge in [0.15, 0.2) is 0 Å². The molecular formula is C18H20N2O. The molecule has 0 atom stereocenters. The average molecular weight is 280 g/mol. The van der Waals surface area contributed by atoms with E-state index in [1.807, 2.05) is 29.2 Å². The van der Waals surface area contributed by atoms with Crippen LogP contribution in [0.4, 0.5) is 5.69 Å². The number of carbonyl (C=O) groups excluding carboxylic acids is 1. The average Bonchev–Trinajstić information content (AvgIpc) is 2.76. The molecule has 0 saturated heterocycles. The minimum absolute atomic E-state index is 0.0819. The van der Waals surface area contributed by atoms with E-state index < -0.39 is 0 Å². The Labute approximate surface area is 125 Å². The second-order valence-electron chi connectivity index (χ2n) is 5.50. The summed E-state index contributed by atoms with van der Waals surface area (Å²) >= 11 is 0. The van der Waals surface area contributed by atoms with Crippen LogP contribution in [-0.4, -0.2) is 25.5 Å². The van der Waals surface area contributed by atoms with Crippen LogP contribution in [0.1, 0.15) is 23.7 Å². The first-order valence-electron chi connectivity index (χ1n) is 7.43. The molecule has 21 heavy (non-hydrogen) atoms. The fourth-order valence-electron chi connectivity index (χ4n) is 2.86. The zero-order chi connectivity index (χ0) is 14.8. The van der Waals surface area contributed by atoms with Crippen LogP contribution in [0.15, 0.2) is 48.6 Å². The minimum Gasteiger partial charge on any atom is -0.313 e. The molecular weight excluding hydrogens is 260 g/mol. The van der Waals surface area contributed by atoms with Gasteiger partial charge in [0.05, 0.1) is 5.69 Å². The number of hydrogen-bond acceptors (Lipinski definition) is 2. The Balaban J connectivity index is 1.85. The summed E-state index contributed by atoms with van der Waals surface area (Å²) in [5.74, 6) is 0.0819. The molecule has 0 radical (unpaired) electrons. The normalized spacial score (nSPS) is 13.2. The molecule has 2 aromatic rings. The molecule has 1 aliphatic rings. The SMILES string of the molecule is C=C(CNCCC)CN1C(=O)c2cccc3cccc1c23. The summed E-state index contributed by atoms with van der Waals surface area (Å²) in [6, 6.07) is 12.0. The van der Waals surface area contributed by atoms with Gasteiger partial charge in [-0.05, 0) is 36.1 Å². The van der Waals surface area contributed by atoms with E-state index in [0.29, 0.717) is 6.54 Å². The maximum absolute atomic E-state index is 12.6. The number of nitrogens with one attached hydrogen (secondary N) is 1. The van der Waals surface area contributed by atoms with Crippen molar-refractivity contribution in [2.24, 2.45) is 0 Å². The fraction of sp³-hybridized carbons (Fsp3) is 0.278. The van der Waals surface area contributed by atoms with E-state index in [4.69, 9.17) is 0 Å². The molecule has 1 N–H and O–H groups in total. The van der Waals surface area contributed by atoms with Crippen molar-refractivity contribution < 1.29 is 4.79 Å². The highest BCUT2D eigenvalue weighted by Gasteiger charge is 2.29. The molecule has 0 unspecified atom stereocenters. The number of carbonyl (C=O) groups is 1. The van der Waals surface area contributed by atoms with Crippen molar-refractivity contribution in [2.75, 3.05) is 24.5 Å². The zero-order valence-electron chi connectivity index (χ0n) is 12.4. The number of rotatable bonds is 6. The minimum atomic E-state index is 0.0819. The van der Waals surface area contributed by atoms with Crippen LogP contribution >= 0.6 is 0 Å². The predicted molar refractivity (Wildman–Crippen MR) is 87.9 cm³/mol. The zero-order valence-corrected chi connectivity index (χ0v) is 12.4. The van der Waals surface area contributed by atoms with Gasteiger partial charge in [-0.3, -0.25) is 4.79 Å². The first-order chi connectivity index (χ1) is 10.2. The third-order valence-electron chi connectivity index (χ3n) is 3.83. The molecule has 0 aromatic heterocycles. The van der Waals surface area contributed by atoms with Crippen LogP contribution in [0.3, 0.4) is 0 Å². The third kappa shape index (κ3) is 2.45. The summed E-state index contributed by atoms with van der Waals surface area (Å²) in [5.41, 5.74) is 2.84. The fourth-order valence-corrected chi connectivity index (χ4v) is 2.86. The summed E-state index contributed by atoms with van der Waals surface area (Å²) in [4.78, 5) is 14.4. The van der Waals surface area contributed by atoms with Gasteiger partial charge in [0.2, 0.25) is 0 Å². The molecule has 0 bridgehead atoms. The molecule has 108 valence electrons. The van der Waals surface area contributed by atoms with Crippen molar-refractivity contribution in [1.82, 2.24) is 5.32 Å². The molecule has 3 rings (SSSR count). The number of benzene rings is 2. The van der Waals surface area contributed by atoms with Crippen molar-refractivity contribution in [2.45, 2.75) is 13.3 Å². The lowest BCUT2D eigenvalue weighted by Gasteiger charge is -2.19. The van der Waals surface area contributed by atoms with Gasteiger partial charge < -0.3 is 10.2 Å². The predicted octanol–water partition coefficient (Wildman–Crippen LogP) is 3.36. The summed E-state index contributed by atoms with van der Waals surface area (Å²) in [6.07, 6.45) is 1.10. The number of anilines is 1. The molecule has 2 aromatic carbocycles. The highest BCUT2D eigenvalue weighted by Crippen LogP contribution is 2.37. The van der Waals surface area contributed by atoms with E-state index in [9.17, 15) is 4.79 Å². The standard InChI is InChI=1S/C18H20N2O/c1-3-10-19-11-13(2)12-20-16-9-5-7-14-6-4-8-15(17(14)16)18(20)21/h4-9,19H,2-3,10-12H2,1H3. The molecule has 0 fully saturated rings. The molecule has 3 heteroatoms. The third-order valence-corrected chi connectivity index (χ3v) is 3.83. The smallest absolute Gasteiger partial charge is 0.259 e. The van der Waals surface area contributed by atoms with Crippen LogP contribution in [0.5, 0.6) is 0 Å². The Hall–Kier alpha value is -2.13. The van der Waals surface area contributed by atoms with Crippen molar-refractivity contribution in [1.29, 1.82) is 0 Å². The topological polar surface area (TPSA) is 32.3 Å². The Morgan fingerprint density at radius 3 is 2.76 bits per heavy atom. The molecule has 3 nitrogen and oxygen atoms in total. The molecule has 1 aliphatic heterocycles. The van der Waals surface area contributed by atoms with Gasteiger partial charge in [0.25, 0.3) is 5.91 Å². The summed E-state index contributed by atoms with van der Waals surface area (Å²) < 4.78 is 0. The summed E-state index contributed by atoms with van der Waals surface area (Å²) in [6.45, 7) is 8.53. The highest BCUT2D eigenvalue weighted by molar-refractivity contribution is 6.25. The lowest BCUT2D eigenvalue weighted by molar-refractivity contribution is 0.0995. The van der Waals surface area contributed by atoms with Crippen LogP contribution in [-0.2, 0) is 0 Å². The first kappa shape index (κ1) is 13.8. The number of hydrogen-bond donors (Lipinski definition) is 1. The van der Waals surface area contributed by atoms with E-state index in [0.717, 1.165) is 47.1 Å². The van der Waals surface area contributed by atoms with E-state index in [1.54, 1.807) is 0 Å². The number of nitrogens with zero attached hydrogens (tertiary/aromatic N) is 1. The Bertz CT molecular complexity index is 700. The molecule has 1 heterocycles. The van der Waals surface area contributed by atoms with Crippen LogP contribution in [0, 0.1) is 0 Å². The van der Waals surface area contributed by atoms with Gasteiger partial charge in [-0.25, -0.2) is 0 Å². The second kappa shape index (κ2) is 5.70. The molecule has 0 spiro atoms. The summed E-state index contributed by atoms with van der Waals surface area (Å²) in [5, 5.41) is 5.52. The lowest BCUT2D eigenvalue weighted by Crippen LogP contribution is -2.31. The Kier molecular flexibility index (Phi) is 3.76. The van der Waals surface area contributed by atoms with Gasteiger partial charge in [0.1, 0.15) is 0 Å². The van der Waals surface area contributed by atoms with Crippen molar-refractivity contribution in [3.63, 3.8) is 0 Å². The van der Waals surface area contributed by atoms with Crippen LogP contribution in [0.2, 0.25) is 0 Å². The van der Waals surface area contributed by atoms with Gasteiger partial charge in [0, 0.05) is 24.0 Å². The Morgan fingerprint density at radius 2 is 2.00 bits per heavy atom. The highest BCUT2D eigenvalue weighted by atomic mass is 16.2. The van der Waals surface area contributed by atoms with Gasteiger partial charge >= 0.3 is 0 Å². The maximum atomic E-state index is 12.6. The van der Waals surface area contributed by atoms with Crippen molar-refractivity contribution >= 4 is 22.4 Å². The van der Waals surface area contributed by atoms with E-state index in [-0.39, 0.29) is 5.91 Å². The first-order valence-corrected chi connectivity index (χ1v) is 7.43. The summed E-state index contributed by atoms with van der Waals surface area (Å²) in [7, 11) is 0. The van der Waals surface area contributed by atoms with Crippen molar-refractivity contribution in [3.05, 3.63) is 54.1 Å². The van der Waals surface area contributed by atoms with Gasteiger partial charge in [-0.1, -0.05) is 37.8 Å². The quantitative estimate of drug-likeness (QED) is 0.650. The molecule has 1 amide bonds. The molecule has 0 aliphatic carbocycles. The van der Waals surface area contributed by atoms with Gasteiger partial charge in [-0.15, -0.1) is 0 Å². The lowest BCUT2D eigenvalue weighted by atomic mass is 10.1. The second-order valence-corrected chi connectivity index (χ2v) is 5.50. The maximum Gasteiger partial charge on any atom is 0.259 e. The van der Waals surface area contributed by atoms with E-state index in [1.165, 1.54) is 0 Å². The molecule has 0 saturated carbocycles. The van der Waals surface area contributed by atoms with Crippen molar-refractivity contribution in [3.8, 4) is 0 Å². The van der Waals surface area contributed by atoms with E-state index >= 15 is 0 Å². The van der Waals surface area contributed by atoms with Crippen LogP contribution in [0.25, 0.3) is 10.8 Å². The van der Waals surface area contributed by atoms with Crippen LogP contribution < -0.4 is 10.2 Å². The van der Waals surface area contributed by atoms with E-state index in [2.05, 4.69) is 31.0 Å². The Morgan fingerprint density at radius 1 is 1.24 bits per heavy atom. The monoisotopic (exact) mass is 280 g/mol. The van der Waals surface area contributed by atoms with Gasteiger partial charge in [-0.2, -0.15) is 0 Å². The number of amides is 1. The largest absolute Gasteiger partial charge is 0.313 e.